The molecule has 194 valence electrons. The SMILES string of the molecule is COCCN(Cc1ccc(OC)cc1)c1c(C)nc2ccc(C(=O)Nc3ccc(OC)c(OC)c3)cn12. The van der Waals surface area contributed by atoms with E-state index < -0.39 is 0 Å². The van der Waals surface area contributed by atoms with Crippen molar-refractivity contribution in [2.45, 2.75) is 13.5 Å². The van der Waals surface area contributed by atoms with Gasteiger partial charge < -0.3 is 29.2 Å². The summed E-state index contributed by atoms with van der Waals surface area (Å²) < 4.78 is 23.3. The van der Waals surface area contributed by atoms with Crippen LogP contribution in [0.3, 0.4) is 0 Å². The average Bonchev–Trinajstić information content (AvgIpc) is 3.26. The van der Waals surface area contributed by atoms with Crippen molar-refractivity contribution in [3.05, 3.63) is 77.6 Å². The first-order chi connectivity index (χ1) is 18.0. The minimum atomic E-state index is -0.245. The van der Waals surface area contributed by atoms with Crippen LogP contribution < -0.4 is 24.4 Å². The summed E-state index contributed by atoms with van der Waals surface area (Å²) in [6, 6.07) is 16.8. The number of anilines is 2. The molecule has 2 heterocycles. The van der Waals surface area contributed by atoms with Gasteiger partial charge in [0.1, 0.15) is 17.2 Å². The van der Waals surface area contributed by atoms with Gasteiger partial charge in [-0.2, -0.15) is 0 Å². The molecule has 0 saturated carbocycles. The molecular weight excluding hydrogens is 472 g/mol. The summed E-state index contributed by atoms with van der Waals surface area (Å²) in [6.07, 6.45) is 1.81. The van der Waals surface area contributed by atoms with Crippen LogP contribution in [-0.2, 0) is 11.3 Å². The highest BCUT2D eigenvalue weighted by Crippen LogP contribution is 2.30. The van der Waals surface area contributed by atoms with Gasteiger partial charge >= 0.3 is 0 Å². The first-order valence-electron chi connectivity index (χ1n) is 11.9. The zero-order chi connectivity index (χ0) is 26.4. The third-order valence-electron chi connectivity index (χ3n) is 6.06. The smallest absolute Gasteiger partial charge is 0.257 e. The summed E-state index contributed by atoms with van der Waals surface area (Å²) in [5.74, 6) is 2.60. The van der Waals surface area contributed by atoms with Crippen LogP contribution in [0.4, 0.5) is 11.5 Å². The number of nitrogens with zero attached hydrogens (tertiary/aromatic N) is 3. The van der Waals surface area contributed by atoms with Gasteiger partial charge in [-0.1, -0.05) is 12.1 Å². The molecule has 9 nitrogen and oxygen atoms in total. The Labute approximate surface area is 216 Å². The molecule has 0 saturated heterocycles. The molecule has 0 spiro atoms. The largest absolute Gasteiger partial charge is 0.497 e. The predicted octanol–water partition coefficient (Wildman–Crippen LogP) is 4.57. The number of imidazole rings is 1. The standard InChI is InChI=1S/C28H32N4O5/c1-19-28(31(14-15-34-2)17-20-6-10-23(35-3)11-7-20)32-18-21(8-13-26(32)29-19)27(33)30-22-9-12-24(36-4)25(16-22)37-5/h6-13,16,18H,14-15,17H2,1-5H3,(H,30,33). The highest BCUT2D eigenvalue weighted by molar-refractivity contribution is 6.04. The fourth-order valence-electron chi connectivity index (χ4n) is 4.20. The number of pyridine rings is 1. The maximum absolute atomic E-state index is 13.2. The van der Waals surface area contributed by atoms with Crippen LogP contribution in [0.1, 0.15) is 21.6 Å². The third-order valence-corrected chi connectivity index (χ3v) is 6.06. The Morgan fingerprint density at radius 1 is 0.946 bits per heavy atom. The molecule has 0 fully saturated rings. The van der Waals surface area contributed by atoms with Gasteiger partial charge in [0.15, 0.2) is 11.5 Å². The zero-order valence-corrected chi connectivity index (χ0v) is 21.8. The average molecular weight is 505 g/mol. The fourth-order valence-corrected chi connectivity index (χ4v) is 4.20. The number of benzene rings is 2. The van der Waals surface area contributed by atoms with Gasteiger partial charge in [-0.05, 0) is 48.9 Å². The van der Waals surface area contributed by atoms with E-state index in [0.717, 1.165) is 28.5 Å². The Morgan fingerprint density at radius 2 is 1.70 bits per heavy atom. The van der Waals surface area contributed by atoms with Crippen LogP contribution >= 0.6 is 0 Å². The van der Waals surface area contributed by atoms with E-state index in [0.29, 0.717) is 42.4 Å². The number of hydrogen-bond donors (Lipinski definition) is 1. The Balaban J connectivity index is 1.65. The normalized spacial score (nSPS) is 10.8. The summed E-state index contributed by atoms with van der Waals surface area (Å²) in [6.45, 7) is 3.81. The van der Waals surface area contributed by atoms with Gasteiger partial charge in [0.2, 0.25) is 0 Å². The van der Waals surface area contributed by atoms with Crippen LogP contribution in [0.2, 0.25) is 0 Å². The van der Waals surface area contributed by atoms with Gasteiger partial charge in [-0.3, -0.25) is 9.20 Å². The van der Waals surface area contributed by atoms with Crippen molar-refractivity contribution in [2.75, 3.05) is 51.8 Å². The molecule has 0 atom stereocenters. The quantitative estimate of drug-likeness (QED) is 0.320. The van der Waals surface area contributed by atoms with Gasteiger partial charge in [-0.15, -0.1) is 0 Å². The Morgan fingerprint density at radius 3 is 2.38 bits per heavy atom. The molecule has 0 aliphatic heterocycles. The van der Waals surface area contributed by atoms with E-state index in [-0.39, 0.29) is 5.91 Å². The summed E-state index contributed by atoms with van der Waals surface area (Å²) in [4.78, 5) is 20.1. The Bertz CT molecular complexity index is 1370. The summed E-state index contributed by atoms with van der Waals surface area (Å²) in [5, 5.41) is 2.94. The Kier molecular flexibility index (Phi) is 8.15. The van der Waals surface area contributed by atoms with Gasteiger partial charge in [0.25, 0.3) is 5.91 Å². The second-order valence-electron chi connectivity index (χ2n) is 8.45. The van der Waals surface area contributed by atoms with Crippen LogP contribution in [0.5, 0.6) is 17.2 Å². The second-order valence-corrected chi connectivity index (χ2v) is 8.45. The van der Waals surface area contributed by atoms with Crippen molar-refractivity contribution in [1.82, 2.24) is 9.38 Å². The topological polar surface area (TPSA) is 86.6 Å². The first-order valence-corrected chi connectivity index (χ1v) is 11.9. The van der Waals surface area contributed by atoms with E-state index in [1.54, 1.807) is 52.7 Å². The van der Waals surface area contributed by atoms with E-state index in [1.165, 1.54) is 0 Å². The van der Waals surface area contributed by atoms with E-state index in [2.05, 4.69) is 10.2 Å². The molecule has 1 N–H and O–H groups in total. The van der Waals surface area contributed by atoms with E-state index in [1.807, 2.05) is 47.9 Å². The number of hydrogen-bond acceptors (Lipinski definition) is 7. The number of carbonyl (C=O) groups excluding carboxylic acids is 1. The summed E-state index contributed by atoms with van der Waals surface area (Å²) in [5.41, 5.74) is 3.84. The first kappa shape index (κ1) is 25.8. The molecule has 2 aromatic heterocycles. The van der Waals surface area contributed by atoms with Crippen molar-refractivity contribution in [3.63, 3.8) is 0 Å². The number of carbonyl (C=O) groups is 1. The lowest BCUT2D eigenvalue weighted by Crippen LogP contribution is -2.28. The number of ether oxygens (including phenoxy) is 4. The second kappa shape index (κ2) is 11.7. The number of fused-ring (bicyclic) bond motifs is 1. The number of methoxy groups -OCH3 is 4. The predicted molar refractivity (Wildman–Crippen MR) is 143 cm³/mol. The Hall–Kier alpha value is -4.24. The lowest BCUT2D eigenvalue weighted by molar-refractivity contribution is 0.102. The number of aromatic nitrogens is 2. The maximum Gasteiger partial charge on any atom is 0.257 e. The highest BCUT2D eigenvalue weighted by Gasteiger charge is 2.19. The maximum atomic E-state index is 13.2. The molecule has 0 radical (unpaired) electrons. The van der Waals surface area contributed by atoms with Crippen molar-refractivity contribution in [3.8, 4) is 17.2 Å². The number of nitrogens with one attached hydrogen (secondary N) is 1. The number of amides is 1. The lowest BCUT2D eigenvalue weighted by atomic mass is 10.2. The molecule has 1 amide bonds. The molecule has 4 aromatic rings. The van der Waals surface area contributed by atoms with Crippen molar-refractivity contribution in [1.29, 1.82) is 0 Å². The molecule has 0 aliphatic rings. The molecule has 2 aromatic carbocycles. The number of aryl methyl sites for hydroxylation is 1. The van der Waals surface area contributed by atoms with Crippen molar-refractivity contribution >= 4 is 23.1 Å². The van der Waals surface area contributed by atoms with E-state index in [4.69, 9.17) is 23.9 Å². The molecule has 0 bridgehead atoms. The molecular formula is C28H32N4O5. The molecule has 4 rings (SSSR count). The summed E-state index contributed by atoms with van der Waals surface area (Å²) in [7, 11) is 6.46. The van der Waals surface area contributed by atoms with E-state index >= 15 is 0 Å². The molecule has 37 heavy (non-hydrogen) atoms. The van der Waals surface area contributed by atoms with Crippen LogP contribution in [0, 0.1) is 6.92 Å². The number of rotatable bonds is 11. The lowest BCUT2D eigenvalue weighted by Gasteiger charge is -2.25. The van der Waals surface area contributed by atoms with Crippen molar-refractivity contribution < 1.29 is 23.7 Å². The van der Waals surface area contributed by atoms with E-state index in [9.17, 15) is 4.79 Å². The highest BCUT2D eigenvalue weighted by atomic mass is 16.5. The molecule has 9 heteroatoms. The van der Waals surface area contributed by atoms with Gasteiger partial charge in [0.05, 0.1) is 39.2 Å². The molecule has 0 aliphatic carbocycles. The molecule has 0 unspecified atom stereocenters. The fraction of sp³-hybridized carbons (Fsp3) is 0.286. The van der Waals surface area contributed by atoms with Crippen molar-refractivity contribution in [2.24, 2.45) is 0 Å². The van der Waals surface area contributed by atoms with Crippen LogP contribution in [0.15, 0.2) is 60.8 Å². The van der Waals surface area contributed by atoms with Gasteiger partial charge in [-0.25, -0.2) is 4.98 Å². The monoisotopic (exact) mass is 504 g/mol. The summed E-state index contributed by atoms with van der Waals surface area (Å²) >= 11 is 0. The van der Waals surface area contributed by atoms with Crippen LogP contribution in [0.25, 0.3) is 5.65 Å². The van der Waals surface area contributed by atoms with Gasteiger partial charge in [0, 0.05) is 38.1 Å². The third kappa shape index (κ3) is 5.78. The zero-order valence-electron chi connectivity index (χ0n) is 21.8. The minimum absolute atomic E-state index is 0.245. The minimum Gasteiger partial charge on any atom is -0.497 e. The van der Waals surface area contributed by atoms with Crippen LogP contribution in [-0.4, -0.2) is 56.9 Å².